The molecule has 4 aliphatic rings. The second-order valence-corrected chi connectivity index (χ2v) is 11.9. The van der Waals surface area contributed by atoms with Gasteiger partial charge < -0.3 is 15.9 Å². The first-order chi connectivity index (χ1) is 19.4. The third-order valence-electron chi connectivity index (χ3n) is 9.37. The molecule has 0 bridgehead atoms. The van der Waals surface area contributed by atoms with E-state index in [4.69, 9.17) is 5.73 Å². The lowest BCUT2D eigenvalue weighted by molar-refractivity contribution is -0.181. The molecule has 1 heterocycles. The number of aliphatic hydroxyl groups is 1. The number of hydrogen-bond donors (Lipinski definition) is 3. The number of nitrogens with two attached hydrogens (primary N) is 1. The summed E-state index contributed by atoms with van der Waals surface area (Å²) in [6, 6.07) is 7.86. The third kappa shape index (κ3) is 3.83. The van der Waals surface area contributed by atoms with Gasteiger partial charge in [0.1, 0.15) is 11.6 Å². The van der Waals surface area contributed by atoms with Crippen molar-refractivity contribution in [1.29, 1.82) is 0 Å². The summed E-state index contributed by atoms with van der Waals surface area (Å²) in [5, 5.41) is 22.5. The monoisotopic (exact) mass is 563 g/mol. The Hall–Kier alpha value is -3.80. The molecule has 2 aromatic rings. The minimum Gasteiger partial charge on any atom is -0.507 e. The number of benzene rings is 2. The van der Waals surface area contributed by atoms with E-state index in [1.807, 2.05) is 29.2 Å². The van der Waals surface area contributed by atoms with E-state index in [0.717, 1.165) is 11.1 Å². The van der Waals surface area contributed by atoms with E-state index < -0.39 is 75.9 Å². The molecule has 2 aromatic carbocycles. The summed E-state index contributed by atoms with van der Waals surface area (Å²) in [7, 11) is 3.02. The zero-order valence-electron chi connectivity index (χ0n) is 22.6. The Morgan fingerprint density at radius 2 is 1.76 bits per heavy atom. The molecule has 11 heteroatoms. The third-order valence-corrected chi connectivity index (χ3v) is 9.37. The molecule has 2 unspecified atom stereocenters. The van der Waals surface area contributed by atoms with Gasteiger partial charge in [0.05, 0.1) is 17.5 Å². The lowest BCUT2D eigenvalue weighted by Crippen LogP contribution is -2.74. The van der Waals surface area contributed by atoms with Crippen molar-refractivity contribution in [3.05, 3.63) is 64.0 Å². The second kappa shape index (κ2) is 9.37. The first-order valence-electron chi connectivity index (χ1n) is 13.5. The maximum absolute atomic E-state index is 16.0. The number of Topliss-reactive ketones (excluding diaryl/α,β-unsaturated/α-hetero) is 4. The maximum atomic E-state index is 16.0. The van der Waals surface area contributed by atoms with E-state index in [1.54, 1.807) is 0 Å². The van der Waals surface area contributed by atoms with Gasteiger partial charge in [0.25, 0.3) is 0 Å². The summed E-state index contributed by atoms with van der Waals surface area (Å²) in [5.41, 5.74) is 4.62. The predicted molar refractivity (Wildman–Crippen MR) is 141 cm³/mol. The molecular formula is C30H30FN3O7. The van der Waals surface area contributed by atoms with Gasteiger partial charge in [-0.25, -0.2) is 4.39 Å². The Morgan fingerprint density at radius 1 is 1.12 bits per heavy atom. The van der Waals surface area contributed by atoms with Gasteiger partial charge in [-0.1, -0.05) is 24.3 Å². The lowest BCUT2D eigenvalue weighted by Gasteiger charge is -2.52. The molecule has 1 aliphatic heterocycles. The summed E-state index contributed by atoms with van der Waals surface area (Å²) in [6.45, 7) is 1.39. The summed E-state index contributed by atoms with van der Waals surface area (Å²) in [6.07, 6.45) is -0.241. The number of hydrogen-bond acceptors (Lipinski definition) is 9. The number of carbonyl (C=O) groups is 5. The van der Waals surface area contributed by atoms with Gasteiger partial charge in [-0.3, -0.25) is 33.8 Å². The van der Waals surface area contributed by atoms with Crippen LogP contribution < -0.4 is 5.73 Å². The average Bonchev–Trinajstić information content (AvgIpc) is 3.31. The molecule has 0 saturated heterocycles. The molecule has 6 rings (SSSR count). The number of phenols is 1. The van der Waals surface area contributed by atoms with Crippen molar-refractivity contribution in [2.45, 2.75) is 44.1 Å². The van der Waals surface area contributed by atoms with Gasteiger partial charge in [0.15, 0.2) is 34.7 Å². The van der Waals surface area contributed by atoms with Crippen LogP contribution in [0.4, 0.5) is 4.39 Å². The fourth-order valence-corrected chi connectivity index (χ4v) is 7.58. The van der Waals surface area contributed by atoms with Crippen LogP contribution in [-0.2, 0) is 45.2 Å². The van der Waals surface area contributed by atoms with E-state index in [1.165, 1.54) is 25.1 Å². The Balaban J connectivity index is 1.37. The van der Waals surface area contributed by atoms with E-state index in [9.17, 15) is 34.2 Å². The summed E-state index contributed by atoms with van der Waals surface area (Å²) in [4.78, 5) is 69.5. The van der Waals surface area contributed by atoms with Crippen LogP contribution in [0.25, 0.3) is 0 Å². The number of rotatable bonds is 4. The minimum atomic E-state index is -2.81. The molecule has 41 heavy (non-hydrogen) atoms. The number of likely N-dealkylation sites (N-methyl/N-ethyl adjacent to an activating group) is 1. The summed E-state index contributed by atoms with van der Waals surface area (Å²) < 4.78 is 16.0. The molecule has 3 aliphatic carbocycles. The number of fused-ring (bicyclic) bond motifs is 4. The number of carbonyl (C=O) groups excluding carboxylic acids is 5. The lowest BCUT2D eigenvalue weighted by atomic mass is 9.52. The molecule has 0 aromatic heterocycles. The number of phenolic OH excluding ortho intramolecular Hbond substituents is 1. The molecule has 6 atom stereocenters. The van der Waals surface area contributed by atoms with Crippen molar-refractivity contribution in [3.8, 4) is 5.75 Å². The van der Waals surface area contributed by atoms with E-state index in [-0.39, 0.29) is 36.1 Å². The van der Waals surface area contributed by atoms with Gasteiger partial charge in [-0.15, -0.1) is 0 Å². The van der Waals surface area contributed by atoms with Crippen molar-refractivity contribution in [2.24, 2.45) is 29.4 Å². The van der Waals surface area contributed by atoms with Gasteiger partial charge >= 0.3 is 0 Å². The summed E-state index contributed by atoms with van der Waals surface area (Å²) in [5.74, 6) is -12.3. The van der Waals surface area contributed by atoms with Gasteiger partial charge in [-0.05, 0) is 50.0 Å². The predicted octanol–water partition coefficient (Wildman–Crippen LogP) is 0.522. The molecule has 1 amide bonds. The molecule has 0 radical (unpaired) electrons. The van der Waals surface area contributed by atoms with Crippen molar-refractivity contribution in [1.82, 2.24) is 9.80 Å². The minimum absolute atomic E-state index is 0.0221. The van der Waals surface area contributed by atoms with Crippen LogP contribution in [0, 0.1) is 29.5 Å². The number of primary amides is 1. The number of amides is 1. The first-order valence-corrected chi connectivity index (χ1v) is 13.5. The van der Waals surface area contributed by atoms with Crippen LogP contribution in [0.15, 0.2) is 30.3 Å². The van der Waals surface area contributed by atoms with Gasteiger partial charge in [-0.2, -0.15) is 0 Å². The number of nitrogens with zero attached hydrogens (tertiary/aromatic N) is 2. The van der Waals surface area contributed by atoms with E-state index in [0.29, 0.717) is 13.1 Å². The quantitative estimate of drug-likeness (QED) is 0.451. The first kappa shape index (κ1) is 27.4. The fourth-order valence-electron chi connectivity index (χ4n) is 7.58. The van der Waals surface area contributed by atoms with Crippen LogP contribution in [-0.4, -0.2) is 74.8 Å². The van der Waals surface area contributed by atoms with Crippen molar-refractivity contribution >= 4 is 29.0 Å². The number of halogens is 1. The zero-order chi connectivity index (χ0) is 29.5. The molecular weight excluding hydrogens is 533 g/mol. The van der Waals surface area contributed by atoms with Crippen molar-refractivity contribution in [2.75, 3.05) is 14.1 Å². The second-order valence-electron chi connectivity index (χ2n) is 11.9. The Morgan fingerprint density at radius 3 is 2.34 bits per heavy atom. The van der Waals surface area contributed by atoms with E-state index >= 15 is 4.39 Å². The highest BCUT2D eigenvalue weighted by Gasteiger charge is 2.69. The standard InChI is InChI=1S/C30H30FN3O7/c1-33(2)24-18-8-15-7-17-21(25(36)20(15)27(38)30(18,41)28(39)22(26(24)37)29(32)40)19(35)9-16(23(17)31)12-34-10-13-5-3-4-6-14(13)11-34/h3-6,9,15,18,20,22,24,35,41H,7-8,10-12H2,1-2H3,(H2,32,40)/t15-,18-,20?,22?,24-,30-/m0/s1. The molecule has 10 nitrogen and oxygen atoms in total. The van der Waals surface area contributed by atoms with Crippen molar-refractivity contribution < 1.29 is 38.6 Å². The SMILES string of the molecule is CN(C)[C@@H]1C(=O)C(C(N)=O)C(=O)[C@@]2(O)C(=O)C3C(=O)c4c(O)cc(CN5Cc6ccccc6C5)c(F)c4C[C@H]3C[C@@H]12. The zero-order valence-corrected chi connectivity index (χ0v) is 22.6. The highest BCUT2D eigenvalue weighted by atomic mass is 19.1. The Kier molecular flexibility index (Phi) is 6.25. The number of ketones is 4. The highest BCUT2D eigenvalue weighted by Crippen LogP contribution is 2.51. The van der Waals surface area contributed by atoms with E-state index in [2.05, 4.69) is 0 Å². The van der Waals surface area contributed by atoms with Gasteiger partial charge in [0.2, 0.25) is 5.91 Å². The Bertz CT molecular complexity index is 1530. The normalized spacial score (nSPS) is 31.1. The fraction of sp³-hybridized carbons (Fsp3) is 0.433. The van der Waals surface area contributed by atoms with Crippen molar-refractivity contribution in [3.63, 3.8) is 0 Å². The van der Waals surface area contributed by atoms with Gasteiger partial charge in [0, 0.05) is 36.7 Å². The molecule has 2 saturated carbocycles. The average molecular weight is 564 g/mol. The molecule has 0 spiro atoms. The molecule has 214 valence electrons. The van der Waals surface area contributed by atoms with Crippen LogP contribution >= 0.6 is 0 Å². The van der Waals surface area contributed by atoms with Crippen LogP contribution in [0.5, 0.6) is 5.75 Å². The topological polar surface area (TPSA) is 158 Å². The maximum Gasteiger partial charge on any atom is 0.235 e. The van der Waals surface area contributed by atoms with Crippen LogP contribution in [0.2, 0.25) is 0 Å². The molecule has 2 fully saturated rings. The summed E-state index contributed by atoms with van der Waals surface area (Å²) >= 11 is 0. The largest absolute Gasteiger partial charge is 0.507 e. The number of aromatic hydroxyl groups is 1. The molecule has 4 N–H and O–H groups in total. The van der Waals surface area contributed by atoms with Crippen LogP contribution in [0.3, 0.4) is 0 Å². The highest BCUT2D eigenvalue weighted by molar-refractivity contribution is 6.32. The smallest absolute Gasteiger partial charge is 0.235 e. The van der Waals surface area contributed by atoms with Crippen LogP contribution in [0.1, 0.15) is 39.0 Å². The Labute approximate surface area is 234 Å².